The maximum atomic E-state index is 13.3. The van der Waals surface area contributed by atoms with Crippen LogP contribution in [0.1, 0.15) is 46.4 Å². The molecule has 5 heterocycles. The number of ether oxygens (including phenoxy) is 2. The van der Waals surface area contributed by atoms with Gasteiger partial charge in [0.2, 0.25) is 0 Å². The zero-order valence-electron chi connectivity index (χ0n) is 21.5. The number of rotatable bonds is 7. The summed E-state index contributed by atoms with van der Waals surface area (Å²) in [5.74, 6) is 2.73. The van der Waals surface area contributed by atoms with Crippen molar-refractivity contribution in [1.29, 1.82) is 5.26 Å². The summed E-state index contributed by atoms with van der Waals surface area (Å²) in [6, 6.07) is 5.34. The molecule has 2 saturated heterocycles. The molecule has 0 unspecified atom stereocenters. The number of nitriles is 1. The van der Waals surface area contributed by atoms with E-state index in [0.29, 0.717) is 80.4 Å². The van der Waals surface area contributed by atoms with Crippen LogP contribution in [0.4, 0.5) is 16.4 Å². The average Bonchev–Trinajstić information content (AvgIpc) is 3.61. The Morgan fingerprint density at radius 1 is 1.36 bits per heavy atom. The molecular weight excluding hydrogens is 520 g/mol. The fourth-order valence-corrected chi connectivity index (χ4v) is 6.24. The van der Waals surface area contributed by atoms with Crippen molar-refractivity contribution in [2.45, 2.75) is 48.5 Å². The topological polar surface area (TPSA) is 138 Å². The van der Waals surface area contributed by atoms with Crippen molar-refractivity contribution in [3.63, 3.8) is 0 Å². The molecule has 5 rings (SSSR count). The van der Waals surface area contributed by atoms with Crippen molar-refractivity contribution < 1.29 is 23.9 Å². The molecule has 0 aromatic carbocycles. The molecule has 2 atom stereocenters. The molecule has 11 nitrogen and oxygen atoms in total. The number of fused-ring (bicyclic) bond motifs is 1. The highest BCUT2D eigenvalue weighted by Gasteiger charge is 2.31. The number of nitrogens with zero attached hydrogens (tertiary/aromatic N) is 5. The first-order valence-electron chi connectivity index (χ1n) is 12.8. The van der Waals surface area contributed by atoms with E-state index in [9.17, 15) is 19.6 Å². The van der Waals surface area contributed by atoms with Crippen LogP contribution < -0.4 is 10.2 Å². The van der Waals surface area contributed by atoms with Gasteiger partial charge < -0.3 is 14.4 Å². The number of pyridine rings is 2. The predicted molar refractivity (Wildman–Crippen MR) is 143 cm³/mol. The first-order chi connectivity index (χ1) is 19.0. The summed E-state index contributed by atoms with van der Waals surface area (Å²) in [7, 11) is 1.56. The number of likely N-dealkylation sites (tertiary alicyclic amines) is 1. The molecule has 12 heteroatoms. The van der Waals surface area contributed by atoms with Gasteiger partial charge in [-0.25, -0.2) is 19.6 Å². The van der Waals surface area contributed by atoms with Gasteiger partial charge in [-0.05, 0) is 43.4 Å². The Hall–Kier alpha value is -3.75. The molecule has 0 spiro atoms. The normalized spacial score (nSPS) is 20.4. The van der Waals surface area contributed by atoms with E-state index in [0.717, 1.165) is 23.3 Å². The van der Waals surface area contributed by atoms with Crippen LogP contribution in [-0.4, -0.2) is 77.9 Å². The highest BCUT2D eigenvalue weighted by atomic mass is 32.2. The number of amides is 2. The van der Waals surface area contributed by atoms with Crippen LogP contribution in [0.15, 0.2) is 28.9 Å². The van der Waals surface area contributed by atoms with Crippen molar-refractivity contribution in [3.05, 3.63) is 46.4 Å². The Labute approximate surface area is 230 Å². The van der Waals surface area contributed by atoms with E-state index < -0.39 is 6.03 Å². The minimum atomic E-state index is -0.418. The number of anilines is 2. The first kappa shape index (κ1) is 26.8. The van der Waals surface area contributed by atoms with Crippen molar-refractivity contribution in [1.82, 2.24) is 14.9 Å². The molecule has 0 bridgehead atoms. The number of aromatic nitrogens is 2. The smallest absolute Gasteiger partial charge is 0.328 e. The molecule has 2 aromatic heterocycles. The van der Waals surface area contributed by atoms with E-state index in [1.165, 1.54) is 11.1 Å². The third-order valence-corrected chi connectivity index (χ3v) is 8.39. The van der Waals surface area contributed by atoms with Gasteiger partial charge in [0, 0.05) is 55.3 Å². The maximum absolute atomic E-state index is 13.3. The molecule has 202 valence electrons. The number of thioether (sulfide) groups is 1. The lowest BCUT2D eigenvalue weighted by Crippen LogP contribution is -2.40. The zero-order chi connectivity index (χ0) is 27.4. The van der Waals surface area contributed by atoms with Gasteiger partial charge in [0.1, 0.15) is 41.1 Å². The molecule has 2 amide bonds. The van der Waals surface area contributed by atoms with E-state index in [-0.39, 0.29) is 17.0 Å². The Morgan fingerprint density at radius 3 is 2.95 bits per heavy atom. The molecule has 39 heavy (non-hydrogen) atoms. The van der Waals surface area contributed by atoms with E-state index in [2.05, 4.69) is 21.4 Å². The van der Waals surface area contributed by atoms with Crippen LogP contribution in [0.3, 0.4) is 0 Å². The standard InChI is InChI=1S/C27H28N6O5S/c1-37-23-4-7-32(22(23)15-35)13-18-9-17-3-2-6-33(26(17)30-21(18)14-34)27(36)31-25-10-24(19(11-28)12-29-25)39-20-5-8-38-16-20/h9-10,12,14,20,23H,2-8,13,16H2,1H3,(H,29,31,36)/t20-,23-/m1/s1. The van der Waals surface area contributed by atoms with Gasteiger partial charge in [-0.3, -0.25) is 15.0 Å². The van der Waals surface area contributed by atoms with Gasteiger partial charge in [0.05, 0.1) is 12.2 Å². The molecule has 2 aromatic rings. The second-order valence-electron chi connectivity index (χ2n) is 9.52. The number of carbonyl (C=O) groups is 2. The highest BCUT2D eigenvalue weighted by Crippen LogP contribution is 2.33. The monoisotopic (exact) mass is 548 g/mol. The summed E-state index contributed by atoms with van der Waals surface area (Å²) in [5.41, 5.74) is 2.62. The molecule has 2 fully saturated rings. The molecule has 1 N–H and O–H groups in total. The number of nitrogens with one attached hydrogen (secondary N) is 1. The third-order valence-electron chi connectivity index (χ3n) is 7.09. The lowest BCUT2D eigenvalue weighted by molar-refractivity contribution is 0.111. The summed E-state index contributed by atoms with van der Waals surface area (Å²) in [5, 5.41) is 12.6. The van der Waals surface area contributed by atoms with Crippen LogP contribution in [0, 0.1) is 11.3 Å². The lowest BCUT2D eigenvalue weighted by atomic mass is 10.0. The van der Waals surface area contributed by atoms with Crippen LogP contribution in [0.25, 0.3) is 0 Å². The van der Waals surface area contributed by atoms with Gasteiger partial charge in [0.15, 0.2) is 6.29 Å². The van der Waals surface area contributed by atoms with Crippen LogP contribution in [0.5, 0.6) is 0 Å². The molecular formula is C27H28N6O5S. The molecule has 0 saturated carbocycles. The van der Waals surface area contributed by atoms with Crippen LogP contribution in [-0.2, 0) is 27.2 Å². The molecule has 0 aliphatic carbocycles. The number of hydrogen-bond acceptors (Lipinski definition) is 10. The largest absolute Gasteiger partial charge is 0.380 e. The van der Waals surface area contributed by atoms with E-state index in [4.69, 9.17) is 9.47 Å². The third kappa shape index (κ3) is 5.67. The second kappa shape index (κ2) is 12.0. The molecule has 0 radical (unpaired) electrons. The Bertz CT molecular complexity index is 1370. The SMILES string of the molecule is CO[C@@H]1CCN(Cc2cc3c(nc2C=O)N(C(=O)Nc2cc(S[C@@H]4CCOC4)c(C#N)cn2)CCC3)C1=C=O. The van der Waals surface area contributed by atoms with Gasteiger partial charge >= 0.3 is 6.03 Å². The second-order valence-corrected chi connectivity index (χ2v) is 10.9. The van der Waals surface area contributed by atoms with E-state index in [1.54, 1.807) is 24.9 Å². The van der Waals surface area contributed by atoms with E-state index >= 15 is 0 Å². The number of aryl methyl sites for hydroxylation is 1. The van der Waals surface area contributed by atoms with Gasteiger partial charge in [-0.2, -0.15) is 5.26 Å². The van der Waals surface area contributed by atoms with Crippen molar-refractivity contribution >= 4 is 41.7 Å². The van der Waals surface area contributed by atoms with Crippen molar-refractivity contribution in [2.75, 3.05) is 43.6 Å². The number of carbonyl (C=O) groups excluding carboxylic acids is 3. The Balaban J connectivity index is 1.36. The summed E-state index contributed by atoms with van der Waals surface area (Å²) < 4.78 is 10.8. The first-order valence-corrected chi connectivity index (χ1v) is 13.7. The molecule has 3 aliphatic rings. The predicted octanol–water partition coefficient (Wildman–Crippen LogP) is 2.96. The number of hydrogen-bond donors (Lipinski definition) is 1. The average molecular weight is 549 g/mol. The summed E-state index contributed by atoms with van der Waals surface area (Å²) in [6.07, 6.45) is 4.81. The minimum Gasteiger partial charge on any atom is -0.380 e. The quantitative estimate of drug-likeness (QED) is 0.406. The molecule has 3 aliphatic heterocycles. The summed E-state index contributed by atoms with van der Waals surface area (Å²) in [4.78, 5) is 49.8. The van der Waals surface area contributed by atoms with E-state index in [1.807, 2.05) is 16.9 Å². The summed E-state index contributed by atoms with van der Waals surface area (Å²) >= 11 is 1.55. The highest BCUT2D eigenvalue weighted by molar-refractivity contribution is 8.00. The lowest BCUT2D eigenvalue weighted by Gasteiger charge is -2.29. The van der Waals surface area contributed by atoms with Crippen molar-refractivity contribution in [2.24, 2.45) is 0 Å². The van der Waals surface area contributed by atoms with Gasteiger partial charge in [-0.1, -0.05) is 0 Å². The number of urea groups is 1. The van der Waals surface area contributed by atoms with Crippen molar-refractivity contribution in [3.8, 4) is 6.07 Å². The van der Waals surface area contributed by atoms with Gasteiger partial charge in [0.25, 0.3) is 0 Å². The Morgan fingerprint density at radius 2 is 2.23 bits per heavy atom. The Kier molecular flexibility index (Phi) is 8.24. The summed E-state index contributed by atoms with van der Waals surface area (Å²) in [6.45, 7) is 2.68. The fraction of sp³-hybridized carbons (Fsp3) is 0.444. The fourth-order valence-electron chi connectivity index (χ4n) is 5.10. The minimum absolute atomic E-state index is 0.216. The van der Waals surface area contributed by atoms with Crippen LogP contribution in [0.2, 0.25) is 0 Å². The van der Waals surface area contributed by atoms with Gasteiger partial charge in [-0.15, -0.1) is 11.8 Å². The number of methoxy groups -OCH3 is 1. The van der Waals surface area contributed by atoms with Crippen LogP contribution >= 0.6 is 11.8 Å². The zero-order valence-corrected chi connectivity index (χ0v) is 22.3. The number of aldehydes is 1. The maximum Gasteiger partial charge on any atom is 0.328 e.